The minimum absolute atomic E-state index is 0.0187. The summed E-state index contributed by atoms with van der Waals surface area (Å²) in [6.07, 6.45) is 39.8. The van der Waals surface area contributed by atoms with Crippen molar-refractivity contribution >= 4 is 17.8 Å². The number of rotatable bonds is 45. The minimum atomic E-state index is -0.619. The van der Waals surface area contributed by atoms with E-state index in [0.29, 0.717) is 13.0 Å². The number of hydrogen-bond donors (Lipinski definition) is 3. The van der Waals surface area contributed by atoms with Crippen LogP contribution in [0.15, 0.2) is 0 Å². The second-order valence-corrected chi connectivity index (χ2v) is 16.4. The van der Waals surface area contributed by atoms with Gasteiger partial charge in [-0.15, -0.1) is 0 Å². The molecule has 1 atom stereocenters. The monoisotopic (exact) mass is 773 g/mol. The topological polar surface area (TPSA) is 88.1 Å². The molecule has 318 valence electrons. The molecular formula is C45H92N2O5S. The second kappa shape index (κ2) is 44.2. The number of nitrogens with zero attached hydrogens (tertiary/aromatic N) is 1. The first kappa shape index (κ1) is 52.5. The van der Waals surface area contributed by atoms with Crippen LogP contribution in [-0.2, 0) is 26.1 Å². The molecule has 0 heterocycles. The van der Waals surface area contributed by atoms with Gasteiger partial charge < -0.3 is 19.5 Å². The molecule has 1 unspecified atom stereocenters. The predicted octanol–water partition coefficient (Wildman–Crippen LogP) is 12.3. The first-order valence-corrected chi connectivity index (χ1v) is 24.1. The Kier molecular flexibility index (Phi) is 43.7. The summed E-state index contributed by atoms with van der Waals surface area (Å²) < 4.78 is 25.4. The van der Waals surface area contributed by atoms with Gasteiger partial charge in [-0.1, -0.05) is 175 Å². The maximum absolute atomic E-state index is 12.0. The Hall–Kier alpha value is -0.540. The standard InChI is InChI=1S/C45H92N2O5S/c1-4-7-10-13-16-25-32-42-51-44(48)36-28-21-17-23-30-39-47(41-33-38-46-53-50)40-31-24-18-22-29-37-45(49)52-43(34-26-19-14-11-8-5-2)35-27-20-15-12-9-6-3/h43,45,49,53H,4-42H2,1-3H3,(H,46,50). The van der Waals surface area contributed by atoms with E-state index < -0.39 is 6.29 Å². The number of nitrogens with one attached hydrogen (secondary N) is 1. The fourth-order valence-electron chi connectivity index (χ4n) is 7.28. The number of esters is 1. The fraction of sp³-hybridized carbons (Fsp3) is 0.978. The molecule has 0 aromatic heterocycles. The van der Waals surface area contributed by atoms with E-state index in [9.17, 15) is 14.1 Å². The normalized spacial score (nSPS) is 12.3. The van der Waals surface area contributed by atoms with Gasteiger partial charge in [0.1, 0.15) is 0 Å². The van der Waals surface area contributed by atoms with Gasteiger partial charge in [0.15, 0.2) is 6.29 Å². The summed E-state index contributed by atoms with van der Waals surface area (Å²) in [6, 6.07) is 0. The Labute approximate surface area is 334 Å². The summed E-state index contributed by atoms with van der Waals surface area (Å²) >= 11 is 0.0187. The van der Waals surface area contributed by atoms with E-state index in [1.165, 1.54) is 154 Å². The van der Waals surface area contributed by atoms with Gasteiger partial charge in [0, 0.05) is 13.0 Å². The highest BCUT2D eigenvalue weighted by Crippen LogP contribution is 2.20. The second-order valence-electron chi connectivity index (χ2n) is 15.9. The van der Waals surface area contributed by atoms with Crippen molar-refractivity contribution in [1.29, 1.82) is 0 Å². The smallest absolute Gasteiger partial charge is 0.305 e. The number of carbonyl (C=O) groups excluding carboxylic acids is 1. The third-order valence-corrected chi connectivity index (χ3v) is 11.1. The number of unbranched alkanes of at least 4 members (excludes halogenated alkanes) is 24. The zero-order valence-corrected chi connectivity index (χ0v) is 36.6. The van der Waals surface area contributed by atoms with Crippen LogP contribution in [-0.4, -0.2) is 65.4 Å². The van der Waals surface area contributed by atoms with Gasteiger partial charge >= 0.3 is 5.97 Å². The number of aliphatic hydroxyl groups is 1. The molecule has 0 amide bonds. The van der Waals surface area contributed by atoms with Gasteiger partial charge in [-0.3, -0.25) is 4.79 Å². The van der Waals surface area contributed by atoms with Crippen LogP contribution >= 0.6 is 0 Å². The average Bonchev–Trinajstić information content (AvgIpc) is 3.15. The Morgan fingerprint density at radius 3 is 1.47 bits per heavy atom. The van der Waals surface area contributed by atoms with Gasteiger partial charge in [-0.25, -0.2) is 8.93 Å². The fourth-order valence-corrected chi connectivity index (χ4v) is 7.52. The van der Waals surface area contributed by atoms with Crippen molar-refractivity contribution in [2.45, 2.75) is 251 Å². The molecule has 0 radical (unpaired) electrons. The van der Waals surface area contributed by atoms with Crippen molar-refractivity contribution in [3.8, 4) is 0 Å². The van der Waals surface area contributed by atoms with E-state index in [-0.39, 0.29) is 23.9 Å². The molecule has 0 aliphatic carbocycles. The Bertz CT molecular complexity index is 730. The van der Waals surface area contributed by atoms with Crippen LogP contribution in [0.1, 0.15) is 239 Å². The lowest BCUT2D eigenvalue weighted by atomic mass is 10.0. The Morgan fingerprint density at radius 2 is 0.962 bits per heavy atom. The summed E-state index contributed by atoms with van der Waals surface area (Å²) in [6.45, 7) is 11.4. The quantitative estimate of drug-likeness (QED) is 0.0247. The van der Waals surface area contributed by atoms with E-state index >= 15 is 0 Å². The first-order chi connectivity index (χ1) is 26.1. The van der Waals surface area contributed by atoms with Crippen molar-refractivity contribution in [1.82, 2.24) is 9.62 Å². The van der Waals surface area contributed by atoms with E-state index in [1.54, 1.807) is 0 Å². The van der Waals surface area contributed by atoms with Gasteiger partial charge in [-0.05, 0) is 77.4 Å². The molecule has 7 nitrogen and oxygen atoms in total. The molecule has 0 spiro atoms. The molecule has 0 fully saturated rings. The largest absolute Gasteiger partial charge is 0.466 e. The van der Waals surface area contributed by atoms with Crippen molar-refractivity contribution in [3.63, 3.8) is 0 Å². The zero-order valence-electron chi connectivity index (χ0n) is 35.7. The number of ether oxygens (including phenoxy) is 2. The predicted molar refractivity (Wildman–Crippen MR) is 230 cm³/mol. The van der Waals surface area contributed by atoms with Gasteiger partial charge in [-0.2, -0.15) is 0 Å². The molecule has 0 saturated heterocycles. The SMILES string of the molecule is CCCCCCCCCOC(=O)CCCCCCCN(CCCCCCCC(O)OC(CCCCCCCC)CCCCCCCC)CCCN[SH]=O. The van der Waals surface area contributed by atoms with E-state index in [1.807, 2.05) is 0 Å². The summed E-state index contributed by atoms with van der Waals surface area (Å²) in [5.74, 6) is -0.0241. The third-order valence-electron chi connectivity index (χ3n) is 10.7. The lowest BCUT2D eigenvalue weighted by Crippen LogP contribution is -2.29. The Balaban J connectivity index is 4.16. The van der Waals surface area contributed by atoms with Crippen molar-refractivity contribution < 1.29 is 23.6 Å². The van der Waals surface area contributed by atoms with Gasteiger partial charge in [0.25, 0.3) is 0 Å². The maximum Gasteiger partial charge on any atom is 0.305 e. The van der Waals surface area contributed by atoms with Crippen LogP contribution in [0.3, 0.4) is 0 Å². The highest BCUT2D eigenvalue weighted by molar-refractivity contribution is 7.63. The minimum Gasteiger partial charge on any atom is -0.466 e. The third kappa shape index (κ3) is 40.9. The van der Waals surface area contributed by atoms with Crippen LogP contribution in [0.2, 0.25) is 0 Å². The summed E-state index contributed by atoms with van der Waals surface area (Å²) in [5.41, 5.74) is 0. The molecular weight excluding hydrogens is 681 g/mol. The van der Waals surface area contributed by atoms with Gasteiger partial charge in [0.05, 0.1) is 24.6 Å². The van der Waals surface area contributed by atoms with Crippen molar-refractivity contribution in [3.05, 3.63) is 0 Å². The molecule has 2 N–H and O–H groups in total. The molecule has 0 aromatic carbocycles. The van der Waals surface area contributed by atoms with E-state index in [2.05, 4.69) is 30.4 Å². The van der Waals surface area contributed by atoms with Crippen molar-refractivity contribution in [2.24, 2.45) is 0 Å². The zero-order chi connectivity index (χ0) is 38.7. The lowest BCUT2D eigenvalue weighted by Gasteiger charge is -2.22. The summed E-state index contributed by atoms with van der Waals surface area (Å²) in [4.78, 5) is 14.6. The first-order valence-electron chi connectivity index (χ1n) is 23.3. The average molecular weight is 773 g/mol. The molecule has 0 rings (SSSR count). The molecule has 8 heteroatoms. The number of carbonyl (C=O) groups is 1. The molecule has 53 heavy (non-hydrogen) atoms. The van der Waals surface area contributed by atoms with Gasteiger partial charge in [0.2, 0.25) is 0 Å². The molecule has 0 aromatic rings. The number of thiol groups is 1. The highest BCUT2D eigenvalue weighted by atomic mass is 32.2. The number of aliphatic hydroxyl groups excluding tert-OH is 1. The number of hydrogen-bond acceptors (Lipinski definition) is 6. The molecule has 0 aliphatic rings. The van der Waals surface area contributed by atoms with E-state index in [0.717, 1.165) is 84.0 Å². The Morgan fingerprint density at radius 1 is 0.547 bits per heavy atom. The lowest BCUT2D eigenvalue weighted by molar-refractivity contribution is -0.144. The van der Waals surface area contributed by atoms with Crippen LogP contribution in [0, 0.1) is 0 Å². The highest BCUT2D eigenvalue weighted by Gasteiger charge is 2.15. The van der Waals surface area contributed by atoms with E-state index in [4.69, 9.17) is 9.47 Å². The molecule has 0 bridgehead atoms. The molecule has 0 saturated carbocycles. The van der Waals surface area contributed by atoms with Crippen molar-refractivity contribution in [2.75, 3.05) is 32.8 Å². The summed E-state index contributed by atoms with van der Waals surface area (Å²) in [5, 5.41) is 10.7. The van der Waals surface area contributed by atoms with Crippen LogP contribution in [0.4, 0.5) is 0 Å². The summed E-state index contributed by atoms with van der Waals surface area (Å²) in [7, 11) is 0. The van der Waals surface area contributed by atoms with Crippen LogP contribution in [0.5, 0.6) is 0 Å². The molecule has 0 aliphatic heterocycles. The van der Waals surface area contributed by atoms with Crippen LogP contribution < -0.4 is 4.72 Å². The van der Waals surface area contributed by atoms with Crippen LogP contribution in [0.25, 0.3) is 0 Å². The maximum atomic E-state index is 12.0.